The van der Waals surface area contributed by atoms with Crippen LogP contribution in [0.25, 0.3) is 22.0 Å². The summed E-state index contributed by atoms with van der Waals surface area (Å²) in [4.78, 5) is 14.5. The first kappa shape index (κ1) is 22.0. The Bertz CT molecular complexity index is 1180. The van der Waals surface area contributed by atoms with Crippen LogP contribution in [0.1, 0.15) is 38.1 Å². The van der Waals surface area contributed by atoms with Crippen molar-refractivity contribution < 1.29 is 14.6 Å². The van der Waals surface area contributed by atoms with Gasteiger partial charge >= 0.3 is 5.97 Å². The number of aryl methyl sites for hydroxylation is 1. The number of likely N-dealkylation sites (N-methyl/N-ethyl adjacent to an activating group) is 1. The SMILES string of the molecule is Cc1cc2c(-c3ccc(Cl)cc3)c([C@H](OC(C)(C)C)C(=O)O)c(Cl)c3c2n1CCN3C. The summed E-state index contributed by atoms with van der Waals surface area (Å²) in [5.74, 6) is -1.08. The van der Waals surface area contributed by atoms with Gasteiger partial charge in [0.1, 0.15) is 0 Å². The van der Waals surface area contributed by atoms with Crippen LogP contribution in [-0.4, -0.2) is 34.8 Å². The van der Waals surface area contributed by atoms with Crippen molar-refractivity contribution in [3.8, 4) is 11.1 Å². The number of carboxylic acids is 1. The molecule has 31 heavy (non-hydrogen) atoms. The van der Waals surface area contributed by atoms with Crippen molar-refractivity contribution in [3.63, 3.8) is 0 Å². The lowest BCUT2D eigenvalue weighted by Gasteiger charge is -2.33. The number of hydrogen-bond donors (Lipinski definition) is 1. The maximum atomic E-state index is 12.4. The van der Waals surface area contributed by atoms with Crippen LogP contribution in [-0.2, 0) is 16.1 Å². The molecule has 5 nitrogen and oxygen atoms in total. The molecule has 1 aromatic heterocycles. The van der Waals surface area contributed by atoms with Gasteiger partial charge in [0.25, 0.3) is 0 Å². The fraction of sp³-hybridized carbons (Fsp3) is 0.375. The van der Waals surface area contributed by atoms with Gasteiger partial charge in [0, 0.05) is 41.8 Å². The van der Waals surface area contributed by atoms with E-state index in [1.165, 1.54) is 0 Å². The van der Waals surface area contributed by atoms with Gasteiger partial charge in [0.05, 0.1) is 21.8 Å². The largest absolute Gasteiger partial charge is 0.479 e. The maximum Gasteiger partial charge on any atom is 0.337 e. The van der Waals surface area contributed by atoms with Gasteiger partial charge in [-0.3, -0.25) is 0 Å². The van der Waals surface area contributed by atoms with Crippen LogP contribution in [0.5, 0.6) is 0 Å². The molecule has 0 spiro atoms. The molecule has 2 heterocycles. The van der Waals surface area contributed by atoms with Crippen LogP contribution in [0.3, 0.4) is 0 Å². The van der Waals surface area contributed by atoms with Crippen molar-refractivity contribution >= 4 is 45.8 Å². The fourth-order valence-electron chi connectivity index (χ4n) is 4.37. The average molecular weight is 461 g/mol. The molecule has 0 aliphatic carbocycles. The number of carbonyl (C=O) groups is 1. The Kier molecular flexibility index (Phi) is 5.49. The molecule has 1 aliphatic rings. The summed E-state index contributed by atoms with van der Waals surface area (Å²) in [6.07, 6.45) is -1.22. The first-order valence-electron chi connectivity index (χ1n) is 10.2. The third-order valence-electron chi connectivity index (χ3n) is 5.64. The van der Waals surface area contributed by atoms with Crippen LogP contribution in [0.4, 0.5) is 5.69 Å². The number of aromatic nitrogens is 1. The Morgan fingerprint density at radius 1 is 1.16 bits per heavy atom. The Hall–Kier alpha value is -2.21. The average Bonchev–Trinajstić information content (AvgIpc) is 3.00. The van der Waals surface area contributed by atoms with E-state index in [1.807, 2.05) is 40.0 Å². The smallest absolute Gasteiger partial charge is 0.337 e. The van der Waals surface area contributed by atoms with Gasteiger partial charge in [0.2, 0.25) is 0 Å². The fourth-order valence-corrected chi connectivity index (χ4v) is 4.92. The van der Waals surface area contributed by atoms with Crippen molar-refractivity contribution in [2.24, 2.45) is 0 Å². The molecule has 7 heteroatoms. The zero-order chi connectivity index (χ0) is 22.7. The van der Waals surface area contributed by atoms with E-state index in [9.17, 15) is 9.90 Å². The number of benzene rings is 2. The Morgan fingerprint density at radius 3 is 2.39 bits per heavy atom. The quantitative estimate of drug-likeness (QED) is 0.495. The minimum atomic E-state index is -1.22. The molecule has 1 N–H and O–H groups in total. The monoisotopic (exact) mass is 460 g/mol. The summed E-state index contributed by atoms with van der Waals surface area (Å²) < 4.78 is 8.31. The van der Waals surface area contributed by atoms with Gasteiger partial charge in [-0.1, -0.05) is 35.3 Å². The summed E-state index contributed by atoms with van der Waals surface area (Å²) in [5.41, 5.74) is 4.38. The van der Waals surface area contributed by atoms with Crippen LogP contribution >= 0.6 is 23.2 Å². The second kappa shape index (κ2) is 7.73. The van der Waals surface area contributed by atoms with Crippen LogP contribution < -0.4 is 4.90 Å². The molecular weight excluding hydrogens is 435 g/mol. The molecule has 2 aromatic carbocycles. The van der Waals surface area contributed by atoms with Crippen molar-refractivity contribution in [1.29, 1.82) is 0 Å². The van der Waals surface area contributed by atoms with Gasteiger partial charge in [-0.2, -0.15) is 0 Å². The van der Waals surface area contributed by atoms with Crippen molar-refractivity contribution in [2.75, 3.05) is 18.5 Å². The summed E-state index contributed by atoms with van der Waals surface area (Å²) in [7, 11) is 1.98. The number of hydrogen-bond acceptors (Lipinski definition) is 3. The molecule has 0 fully saturated rings. The maximum absolute atomic E-state index is 12.4. The van der Waals surface area contributed by atoms with Crippen molar-refractivity contribution in [1.82, 2.24) is 4.57 Å². The van der Waals surface area contributed by atoms with Crippen LogP contribution in [0.15, 0.2) is 30.3 Å². The number of rotatable bonds is 4. The normalized spacial score (nSPS) is 14.9. The molecule has 0 amide bonds. The second-order valence-corrected chi connectivity index (χ2v) is 9.84. The van der Waals surface area contributed by atoms with E-state index in [-0.39, 0.29) is 0 Å². The topological polar surface area (TPSA) is 54.7 Å². The Morgan fingerprint density at radius 2 is 1.81 bits per heavy atom. The highest BCUT2D eigenvalue weighted by Crippen LogP contribution is 2.50. The lowest BCUT2D eigenvalue weighted by atomic mass is 9.90. The van der Waals surface area contributed by atoms with Gasteiger partial charge in [-0.25, -0.2) is 4.79 Å². The molecule has 1 aliphatic heterocycles. The van der Waals surface area contributed by atoms with Crippen LogP contribution in [0, 0.1) is 6.92 Å². The molecular formula is C24H26Cl2N2O3. The molecule has 0 saturated heterocycles. The van der Waals surface area contributed by atoms with E-state index in [2.05, 4.69) is 22.5 Å². The highest BCUT2D eigenvalue weighted by atomic mass is 35.5. The Balaban J connectivity index is 2.16. The standard InChI is InChI=1S/C24H26Cl2N2O3/c1-13-12-16-17(14-6-8-15(25)9-7-14)18(22(23(29)30)31-24(2,3)4)19(26)21-20(16)28(13)11-10-27(21)5/h6-9,12,22H,10-11H2,1-5H3,(H,29,30)/t22-/m0/s1. The molecule has 1 atom stereocenters. The highest BCUT2D eigenvalue weighted by molar-refractivity contribution is 6.37. The third kappa shape index (κ3) is 3.79. The van der Waals surface area contributed by atoms with E-state index < -0.39 is 17.7 Å². The van der Waals surface area contributed by atoms with Gasteiger partial charge in [-0.05, 0) is 57.0 Å². The van der Waals surface area contributed by atoms with E-state index in [0.717, 1.165) is 46.5 Å². The second-order valence-electron chi connectivity index (χ2n) is 9.03. The number of aliphatic carboxylic acids is 1. The molecule has 0 radical (unpaired) electrons. The summed E-state index contributed by atoms with van der Waals surface area (Å²) >= 11 is 13.2. The highest BCUT2D eigenvalue weighted by Gasteiger charge is 2.36. The third-order valence-corrected chi connectivity index (χ3v) is 6.28. The minimum absolute atomic E-state index is 0.413. The molecule has 0 unspecified atom stereocenters. The summed E-state index contributed by atoms with van der Waals surface area (Å²) in [5, 5.41) is 12.2. The number of ether oxygens (including phenoxy) is 1. The molecule has 164 valence electrons. The molecule has 0 bridgehead atoms. The first-order chi connectivity index (χ1) is 14.5. The van der Waals surface area contributed by atoms with Gasteiger partial charge < -0.3 is 19.3 Å². The van der Waals surface area contributed by atoms with Gasteiger partial charge in [0.15, 0.2) is 6.10 Å². The summed E-state index contributed by atoms with van der Waals surface area (Å²) in [6.45, 7) is 9.22. The molecule has 3 aromatic rings. The zero-order valence-electron chi connectivity index (χ0n) is 18.3. The molecule has 0 saturated carbocycles. The lowest BCUT2D eigenvalue weighted by Crippen LogP contribution is -2.30. The first-order valence-corrected chi connectivity index (χ1v) is 11.0. The number of halogens is 2. The van der Waals surface area contributed by atoms with Crippen molar-refractivity contribution in [3.05, 3.63) is 51.6 Å². The predicted octanol–water partition coefficient (Wildman–Crippen LogP) is 6.31. The minimum Gasteiger partial charge on any atom is -0.479 e. The summed E-state index contributed by atoms with van der Waals surface area (Å²) in [6, 6.07) is 9.51. The number of carboxylic acid groups (broad SMARTS) is 1. The number of anilines is 1. The van der Waals surface area contributed by atoms with Crippen LogP contribution in [0.2, 0.25) is 10.0 Å². The van der Waals surface area contributed by atoms with E-state index >= 15 is 0 Å². The van der Waals surface area contributed by atoms with Gasteiger partial charge in [-0.15, -0.1) is 0 Å². The van der Waals surface area contributed by atoms with E-state index in [0.29, 0.717) is 15.6 Å². The van der Waals surface area contributed by atoms with E-state index in [4.69, 9.17) is 27.9 Å². The molecule has 4 rings (SSSR count). The zero-order valence-corrected chi connectivity index (χ0v) is 19.8. The predicted molar refractivity (Wildman–Crippen MR) is 127 cm³/mol. The Labute approximate surface area is 192 Å². The number of nitrogens with zero attached hydrogens (tertiary/aromatic N) is 2. The van der Waals surface area contributed by atoms with E-state index in [1.54, 1.807) is 12.1 Å². The van der Waals surface area contributed by atoms with Crippen molar-refractivity contribution in [2.45, 2.75) is 45.9 Å². The lowest BCUT2D eigenvalue weighted by molar-refractivity contribution is -0.160.